The van der Waals surface area contributed by atoms with E-state index in [1.807, 2.05) is 6.92 Å². The van der Waals surface area contributed by atoms with Crippen LogP contribution in [0.2, 0.25) is 0 Å². The molecule has 0 radical (unpaired) electrons. The van der Waals surface area contributed by atoms with E-state index in [1.165, 1.54) is 18.4 Å². The quantitative estimate of drug-likeness (QED) is 0.868. The molecular weight excluding hydrogens is 232 g/mol. The summed E-state index contributed by atoms with van der Waals surface area (Å²) >= 11 is 1.49. The minimum absolute atomic E-state index is 0.279. The Labute approximate surface area is 92.0 Å². The number of rotatable bonds is 2. The van der Waals surface area contributed by atoms with Crippen LogP contribution in [0.25, 0.3) is 10.2 Å². The van der Waals surface area contributed by atoms with Crippen LogP contribution in [0.3, 0.4) is 0 Å². The highest BCUT2D eigenvalue weighted by atomic mass is 32.2. The van der Waals surface area contributed by atoms with Crippen molar-refractivity contribution < 1.29 is 8.42 Å². The average Bonchev–Trinajstić information content (AvgIpc) is 2.56. The van der Waals surface area contributed by atoms with Gasteiger partial charge in [0.1, 0.15) is 0 Å². The van der Waals surface area contributed by atoms with Crippen molar-refractivity contribution in [3.63, 3.8) is 0 Å². The lowest BCUT2D eigenvalue weighted by molar-refractivity contribution is 0.588. The second-order valence-corrected chi connectivity index (χ2v) is 6.19. The van der Waals surface area contributed by atoms with Gasteiger partial charge < -0.3 is 0 Å². The normalized spacial score (nSPS) is 12.1. The van der Waals surface area contributed by atoms with Crippen molar-refractivity contribution in [3.05, 3.63) is 23.2 Å². The number of sulfonamides is 1. The molecule has 0 amide bonds. The minimum atomic E-state index is -3.35. The van der Waals surface area contributed by atoms with Crippen molar-refractivity contribution in [1.82, 2.24) is 9.71 Å². The maximum atomic E-state index is 11.5. The Balaban J connectivity index is 2.66. The molecule has 0 fully saturated rings. The van der Waals surface area contributed by atoms with E-state index in [4.69, 9.17) is 0 Å². The van der Waals surface area contributed by atoms with E-state index in [-0.39, 0.29) is 4.90 Å². The van der Waals surface area contributed by atoms with Crippen molar-refractivity contribution >= 4 is 31.6 Å². The van der Waals surface area contributed by atoms with E-state index < -0.39 is 10.0 Å². The molecule has 0 atom stereocenters. The fourth-order valence-corrected chi connectivity index (χ4v) is 3.00. The summed E-state index contributed by atoms with van der Waals surface area (Å²) in [5, 5.41) is 0.934. The van der Waals surface area contributed by atoms with Gasteiger partial charge in [0.05, 0.1) is 20.1 Å². The number of fused-ring (bicyclic) bond motifs is 1. The first-order valence-electron chi connectivity index (χ1n) is 4.34. The zero-order valence-corrected chi connectivity index (χ0v) is 9.95. The van der Waals surface area contributed by atoms with E-state index >= 15 is 0 Å². The van der Waals surface area contributed by atoms with E-state index in [0.29, 0.717) is 0 Å². The largest absolute Gasteiger partial charge is 0.242 e. The Hall–Kier alpha value is -0.980. The topological polar surface area (TPSA) is 59.1 Å². The third kappa shape index (κ3) is 1.88. The first kappa shape index (κ1) is 10.5. The summed E-state index contributed by atoms with van der Waals surface area (Å²) < 4.78 is 26.2. The SMILES string of the molecule is CNS(=O)(=O)c1ccc2nc(C)sc2c1. The number of thiazole rings is 1. The van der Waals surface area contributed by atoms with Crippen molar-refractivity contribution in [1.29, 1.82) is 0 Å². The molecule has 0 unspecified atom stereocenters. The van der Waals surface area contributed by atoms with Crippen LogP contribution in [0.4, 0.5) is 0 Å². The van der Waals surface area contributed by atoms with Gasteiger partial charge in [0.25, 0.3) is 0 Å². The van der Waals surface area contributed by atoms with Crippen LogP contribution in [-0.2, 0) is 10.0 Å². The summed E-state index contributed by atoms with van der Waals surface area (Å²) in [7, 11) is -1.95. The van der Waals surface area contributed by atoms with Gasteiger partial charge in [-0.1, -0.05) is 0 Å². The smallest absolute Gasteiger partial charge is 0.240 e. The van der Waals surface area contributed by atoms with Gasteiger partial charge in [-0.15, -0.1) is 11.3 Å². The monoisotopic (exact) mass is 242 g/mol. The third-order valence-corrected chi connectivity index (χ3v) is 4.39. The summed E-state index contributed by atoms with van der Waals surface area (Å²) in [6, 6.07) is 4.93. The van der Waals surface area contributed by atoms with Crippen LogP contribution in [0.1, 0.15) is 5.01 Å². The van der Waals surface area contributed by atoms with Gasteiger partial charge in [-0.3, -0.25) is 0 Å². The van der Waals surface area contributed by atoms with Crippen LogP contribution in [0.15, 0.2) is 23.1 Å². The second kappa shape index (κ2) is 3.55. The summed E-state index contributed by atoms with van der Waals surface area (Å²) in [4.78, 5) is 4.54. The molecule has 0 spiro atoms. The number of hydrogen-bond donors (Lipinski definition) is 1. The molecule has 1 aromatic carbocycles. The van der Waals surface area contributed by atoms with Crippen LogP contribution < -0.4 is 4.72 Å². The Kier molecular flexibility index (Phi) is 2.49. The van der Waals surface area contributed by atoms with Gasteiger partial charge >= 0.3 is 0 Å². The molecule has 4 nitrogen and oxygen atoms in total. The van der Waals surface area contributed by atoms with Crippen LogP contribution >= 0.6 is 11.3 Å². The Morgan fingerprint density at radius 3 is 2.80 bits per heavy atom. The summed E-state index contributed by atoms with van der Waals surface area (Å²) in [6.07, 6.45) is 0. The Morgan fingerprint density at radius 2 is 2.13 bits per heavy atom. The molecule has 0 saturated heterocycles. The molecule has 0 aliphatic carbocycles. The van der Waals surface area contributed by atoms with Crippen LogP contribution in [0.5, 0.6) is 0 Å². The van der Waals surface area contributed by atoms with E-state index in [0.717, 1.165) is 15.2 Å². The van der Waals surface area contributed by atoms with Gasteiger partial charge in [-0.25, -0.2) is 18.1 Å². The maximum absolute atomic E-state index is 11.5. The average molecular weight is 242 g/mol. The fourth-order valence-electron chi connectivity index (χ4n) is 1.31. The lowest BCUT2D eigenvalue weighted by Crippen LogP contribution is -2.18. The summed E-state index contributed by atoms with van der Waals surface area (Å²) in [5.74, 6) is 0. The zero-order valence-electron chi connectivity index (χ0n) is 8.31. The number of benzene rings is 1. The maximum Gasteiger partial charge on any atom is 0.240 e. The van der Waals surface area contributed by atoms with E-state index in [9.17, 15) is 8.42 Å². The first-order valence-corrected chi connectivity index (χ1v) is 6.63. The number of aromatic nitrogens is 1. The lowest BCUT2D eigenvalue weighted by atomic mass is 10.3. The van der Waals surface area contributed by atoms with Crippen molar-refractivity contribution in [2.45, 2.75) is 11.8 Å². The van der Waals surface area contributed by atoms with Gasteiger partial charge in [-0.05, 0) is 32.2 Å². The summed E-state index contributed by atoms with van der Waals surface area (Å²) in [5.41, 5.74) is 0.840. The number of hydrogen-bond acceptors (Lipinski definition) is 4. The van der Waals surface area contributed by atoms with Gasteiger partial charge in [-0.2, -0.15) is 0 Å². The van der Waals surface area contributed by atoms with Gasteiger partial charge in [0.2, 0.25) is 10.0 Å². The van der Waals surface area contributed by atoms with Crippen molar-refractivity contribution in [3.8, 4) is 0 Å². The van der Waals surface area contributed by atoms with Gasteiger partial charge in [0, 0.05) is 0 Å². The third-order valence-electron chi connectivity index (χ3n) is 2.05. The molecule has 6 heteroatoms. The predicted molar refractivity (Wildman–Crippen MR) is 60.6 cm³/mol. The zero-order chi connectivity index (χ0) is 11.1. The Bertz CT molecular complexity index is 602. The first-order chi connectivity index (χ1) is 7.03. The highest BCUT2D eigenvalue weighted by molar-refractivity contribution is 7.89. The molecule has 80 valence electrons. The molecular formula is C9H10N2O2S2. The lowest BCUT2D eigenvalue weighted by Gasteiger charge is -2.00. The second-order valence-electron chi connectivity index (χ2n) is 3.07. The molecule has 0 aliphatic rings. The molecule has 0 saturated carbocycles. The predicted octanol–water partition coefficient (Wildman–Crippen LogP) is 1.51. The number of nitrogens with zero attached hydrogens (tertiary/aromatic N) is 1. The Morgan fingerprint density at radius 1 is 1.40 bits per heavy atom. The molecule has 1 N–H and O–H groups in total. The summed E-state index contributed by atoms with van der Waals surface area (Å²) in [6.45, 7) is 1.90. The van der Waals surface area contributed by atoms with E-state index in [1.54, 1.807) is 18.2 Å². The molecule has 0 aliphatic heterocycles. The molecule has 2 rings (SSSR count). The molecule has 15 heavy (non-hydrogen) atoms. The van der Waals surface area contributed by atoms with E-state index in [2.05, 4.69) is 9.71 Å². The standard InChI is InChI=1S/C9H10N2O2S2/c1-6-11-8-4-3-7(5-9(8)14-6)15(12,13)10-2/h3-5,10H,1-2H3. The highest BCUT2D eigenvalue weighted by Gasteiger charge is 2.12. The molecule has 2 aromatic rings. The molecule has 0 bridgehead atoms. The number of nitrogens with one attached hydrogen (secondary N) is 1. The number of aryl methyl sites for hydroxylation is 1. The van der Waals surface area contributed by atoms with Crippen LogP contribution in [0, 0.1) is 6.92 Å². The van der Waals surface area contributed by atoms with Crippen molar-refractivity contribution in [2.24, 2.45) is 0 Å². The fraction of sp³-hybridized carbons (Fsp3) is 0.222. The minimum Gasteiger partial charge on any atom is -0.242 e. The highest BCUT2D eigenvalue weighted by Crippen LogP contribution is 2.24. The molecule has 1 heterocycles. The van der Waals surface area contributed by atoms with Crippen molar-refractivity contribution in [2.75, 3.05) is 7.05 Å². The van der Waals surface area contributed by atoms with Gasteiger partial charge in [0.15, 0.2) is 0 Å². The molecule has 1 aromatic heterocycles. The van der Waals surface area contributed by atoms with Crippen LogP contribution in [-0.4, -0.2) is 20.4 Å².